The number of rotatable bonds is 3. The number of nitrogens with two attached hydrogens (primary N) is 3. The van der Waals surface area contributed by atoms with Gasteiger partial charge in [0.05, 0.1) is 11.7 Å². The van der Waals surface area contributed by atoms with Crippen LogP contribution in [0.1, 0.15) is 35.4 Å². The molecule has 11 heteroatoms. The van der Waals surface area contributed by atoms with Crippen LogP contribution in [0, 0.1) is 0 Å². The highest BCUT2D eigenvalue weighted by Gasteiger charge is 2.30. The maximum absolute atomic E-state index is 13.0. The third-order valence-electron chi connectivity index (χ3n) is 5.36. The number of carbonyl (C=O) groups excluding carboxylic acids is 1. The molecule has 0 spiro atoms. The van der Waals surface area contributed by atoms with Crippen molar-refractivity contribution in [1.82, 2.24) is 4.98 Å². The Kier molecular flexibility index (Phi) is 5.28. The van der Waals surface area contributed by atoms with Crippen molar-refractivity contribution < 1.29 is 18.7 Å². The first-order chi connectivity index (χ1) is 13.9. The van der Waals surface area contributed by atoms with Gasteiger partial charge in [-0.15, -0.1) is 4.36 Å². The Morgan fingerprint density at radius 1 is 1.24 bits per heavy atom. The second-order valence-electron chi connectivity index (χ2n) is 7.45. The Bertz CT molecular complexity index is 1010. The van der Waals surface area contributed by atoms with Crippen LogP contribution in [0.25, 0.3) is 0 Å². The van der Waals surface area contributed by atoms with Crippen LogP contribution in [-0.4, -0.2) is 40.3 Å². The summed E-state index contributed by atoms with van der Waals surface area (Å²) in [5.41, 5.74) is 16.3. The minimum atomic E-state index is -3.62. The van der Waals surface area contributed by atoms with E-state index in [-0.39, 0.29) is 23.5 Å². The van der Waals surface area contributed by atoms with Crippen LogP contribution in [0.2, 0.25) is 0 Å². The van der Waals surface area contributed by atoms with Crippen molar-refractivity contribution in [1.29, 1.82) is 0 Å². The first-order valence-corrected chi connectivity index (χ1v) is 11.3. The van der Waals surface area contributed by atoms with E-state index in [4.69, 9.17) is 26.3 Å². The molecular formula is C18H26N7O3S+. The molecule has 4 rings (SSSR count). The molecule has 0 radical (unpaired) electrons. The molecular weight excluding hydrogens is 394 g/mol. The maximum Gasteiger partial charge on any atom is 0.381 e. The van der Waals surface area contributed by atoms with Crippen LogP contribution >= 0.6 is 0 Å². The SMILES string of the molecule is N/C=C(\C1=[NH+]CC(N)CO1)S(N)(=O)=NC(=O)Nc1c2c(nc3c1CCC3)CCC2. The standard InChI is InChI=1S/C18H25N7O3S/c19-7-15(17-22-8-10(20)9-28-17)29(21,27)25-18(26)24-16-11-3-1-5-13(11)23-14-6-2-4-12(14)16/h7,10H,1-6,8-9,19-20H2,(H3,21,23,24,25,26,27)/p+1/b15-7+. The number of anilines is 1. The number of urea groups is 1. The van der Waals surface area contributed by atoms with Gasteiger partial charge >= 0.3 is 11.9 Å². The largest absolute Gasteiger partial charge is 0.442 e. The van der Waals surface area contributed by atoms with Crippen LogP contribution in [0.4, 0.5) is 10.5 Å². The lowest BCUT2D eigenvalue weighted by molar-refractivity contribution is -0.479. The number of carbonyl (C=O) groups is 1. The fourth-order valence-corrected chi connectivity index (χ4v) is 5.01. The van der Waals surface area contributed by atoms with E-state index in [0.29, 0.717) is 6.54 Å². The lowest BCUT2D eigenvalue weighted by atomic mass is 10.1. The number of aryl methyl sites for hydroxylation is 2. The minimum Gasteiger partial charge on any atom is -0.442 e. The Balaban J connectivity index is 1.63. The van der Waals surface area contributed by atoms with Gasteiger partial charge in [0.2, 0.25) is 0 Å². The predicted octanol–water partition coefficient (Wildman–Crippen LogP) is -1.43. The molecule has 0 saturated heterocycles. The molecule has 8 N–H and O–H groups in total. The fourth-order valence-electron chi connectivity index (χ4n) is 4.03. The van der Waals surface area contributed by atoms with Crippen molar-refractivity contribution in [3.05, 3.63) is 33.6 Å². The number of ether oxygens (including phenoxy) is 1. The van der Waals surface area contributed by atoms with Crippen LogP contribution < -0.4 is 26.9 Å². The molecule has 156 valence electrons. The van der Waals surface area contributed by atoms with Gasteiger partial charge in [-0.2, -0.15) is 0 Å². The highest BCUT2D eigenvalue weighted by molar-refractivity contribution is 7.96. The predicted molar refractivity (Wildman–Crippen MR) is 109 cm³/mol. The normalized spacial score (nSPS) is 22.8. The summed E-state index contributed by atoms with van der Waals surface area (Å²) in [6.07, 6.45) is 6.56. The van der Waals surface area contributed by atoms with Crippen molar-refractivity contribution in [2.75, 3.05) is 18.5 Å². The van der Waals surface area contributed by atoms with E-state index in [1.165, 1.54) is 0 Å². The Hall–Kier alpha value is -2.50. The first kappa shape index (κ1) is 19.8. The highest BCUT2D eigenvalue weighted by Crippen LogP contribution is 2.36. The van der Waals surface area contributed by atoms with E-state index >= 15 is 0 Å². The molecule has 3 aliphatic rings. The maximum atomic E-state index is 13.0. The van der Waals surface area contributed by atoms with Gasteiger partial charge in [0.15, 0.2) is 21.4 Å². The van der Waals surface area contributed by atoms with Crippen LogP contribution in [0.3, 0.4) is 0 Å². The van der Waals surface area contributed by atoms with Gasteiger partial charge < -0.3 is 21.5 Å². The summed E-state index contributed by atoms with van der Waals surface area (Å²) in [6, 6.07) is -0.984. The average Bonchev–Trinajstić information content (AvgIpc) is 3.32. The zero-order valence-corrected chi connectivity index (χ0v) is 16.9. The summed E-state index contributed by atoms with van der Waals surface area (Å²) in [5, 5.41) is 8.71. The zero-order chi connectivity index (χ0) is 20.6. The smallest absolute Gasteiger partial charge is 0.381 e. The van der Waals surface area contributed by atoms with Gasteiger partial charge in [-0.1, -0.05) is 0 Å². The molecule has 0 bridgehead atoms. The van der Waals surface area contributed by atoms with Gasteiger partial charge in [-0.25, -0.2) is 19.1 Å². The molecule has 2 heterocycles. The van der Waals surface area contributed by atoms with E-state index in [2.05, 4.69) is 14.7 Å². The molecule has 0 saturated carbocycles. The topological polar surface area (TPSA) is 173 Å². The summed E-state index contributed by atoms with van der Waals surface area (Å²) in [7, 11) is -3.62. The average molecular weight is 421 g/mol. The molecule has 1 aliphatic heterocycles. The van der Waals surface area contributed by atoms with E-state index in [0.717, 1.165) is 72.9 Å². The summed E-state index contributed by atoms with van der Waals surface area (Å²) in [6.45, 7) is 0.625. The van der Waals surface area contributed by atoms with Gasteiger partial charge in [0, 0.05) is 17.6 Å². The monoisotopic (exact) mass is 420 g/mol. The van der Waals surface area contributed by atoms with Gasteiger partial charge in [-0.05, 0) is 49.7 Å². The first-order valence-electron chi connectivity index (χ1n) is 9.70. The molecule has 2 amide bonds. The van der Waals surface area contributed by atoms with Crippen LogP contribution in [0.5, 0.6) is 0 Å². The molecule has 1 aromatic rings. The molecule has 2 atom stereocenters. The number of hydrogen-bond donors (Lipinski definition) is 5. The van der Waals surface area contributed by atoms with Crippen LogP contribution in [-0.2, 0) is 40.3 Å². The molecule has 0 fully saturated rings. The highest BCUT2D eigenvalue weighted by atomic mass is 32.2. The number of amides is 2. The van der Waals surface area contributed by atoms with E-state index in [1.807, 2.05) is 0 Å². The quantitative estimate of drug-likeness (QED) is 0.401. The summed E-state index contributed by atoms with van der Waals surface area (Å²) < 4.78 is 22.1. The van der Waals surface area contributed by atoms with E-state index in [1.54, 1.807) is 0 Å². The van der Waals surface area contributed by atoms with Gasteiger partial charge in [0.1, 0.15) is 6.61 Å². The minimum absolute atomic E-state index is 0.0651. The van der Waals surface area contributed by atoms with Gasteiger partial charge in [-0.3, -0.25) is 4.98 Å². The zero-order valence-electron chi connectivity index (χ0n) is 16.1. The van der Waals surface area contributed by atoms with E-state index in [9.17, 15) is 9.00 Å². The van der Waals surface area contributed by atoms with Crippen molar-refractivity contribution in [3.8, 4) is 0 Å². The second-order valence-corrected chi connectivity index (χ2v) is 9.21. The number of aromatic nitrogens is 1. The molecule has 29 heavy (non-hydrogen) atoms. The van der Waals surface area contributed by atoms with Crippen molar-refractivity contribution in [3.63, 3.8) is 0 Å². The second kappa shape index (κ2) is 7.73. The molecule has 2 unspecified atom stereocenters. The fraction of sp³-hybridized carbons (Fsp3) is 0.500. The summed E-state index contributed by atoms with van der Waals surface area (Å²) in [4.78, 5) is 20.2. The van der Waals surface area contributed by atoms with E-state index < -0.39 is 15.9 Å². The lowest BCUT2D eigenvalue weighted by Gasteiger charge is -2.16. The number of pyridine rings is 1. The summed E-state index contributed by atoms with van der Waals surface area (Å²) >= 11 is 0. The number of nitrogens with zero attached hydrogens (tertiary/aromatic N) is 2. The van der Waals surface area contributed by atoms with Crippen molar-refractivity contribution in [2.24, 2.45) is 21.0 Å². The van der Waals surface area contributed by atoms with Crippen LogP contribution in [0.15, 0.2) is 15.5 Å². The molecule has 1 aromatic heterocycles. The number of fused-ring (bicyclic) bond motifs is 2. The Morgan fingerprint density at radius 3 is 2.45 bits per heavy atom. The van der Waals surface area contributed by atoms with Crippen molar-refractivity contribution in [2.45, 2.75) is 44.6 Å². The Labute approximate surface area is 169 Å². The molecule has 2 aliphatic carbocycles. The Morgan fingerprint density at radius 2 is 1.90 bits per heavy atom. The lowest BCUT2D eigenvalue weighted by Crippen LogP contribution is -2.81. The third-order valence-corrected chi connectivity index (χ3v) is 6.75. The third kappa shape index (κ3) is 3.85. The number of hydrogen-bond acceptors (Lipinski definition) is 6. The molecule has 0 aromatic carbocycles. The van der Waals surface area contributed by atoms with Crippen molar-refractivity contribution >= 4 is 27.5 Å². The molecule has 10 nitrogen and oxygen atoms in total. The van der Waals surface area contributed by atoms with Gasteiger partial charge in [0.25, 0.3) is 0 Å². The summed E-state index contributed by atoms with van der Waals surface area (Å²) in [5.74, 6) is 0.129. The number of nitrogens with one attached hydrogen (secondary N) is 2.